The van der Waals surface area contributed by atoms with Gasteiger partial charge >= 0.3 is 6.03 Å². The molecule has 0 radical (unpaired) electrons. The number of piperidine rings is 1. The molecule has 7 heteroatoms. The summed E-state index contributed by atoms with van der Waals surface area (Å²) in [6, 6.07) is 9.12. The first kappa shape index (κ1) is 19.3. The van der Waals surface area contributed by atoms with E-state index in [0.717, 1.165) is 18.5 Å². The van der Waals surface area contributed by atoms with Gasteiger partial charge in [-0.15, -0.1) is 12.4 Å². The summed E-state index contributed by atoms with van der Waals surface area (Å²) in [6.45, 7) is 3.17. The number of amides is 3. The van der Waals surface area contributed by atoms with E-state index in [4.69, 9.17) is 5.73 Å². The maximum atomic E-state index is 11.9. The number of para-hydroxylation sites is 1. The van der Waals surface area contributed by atoms with Crippen molar-refractivity contribution in [1.82, 2.24) is 10.2 Å². The van der Waals surface area contributed by atoms with Crippen LogP contribution in [0, 0.1) is 0 Å². The SMILES string of the molecule is CC(N)CC(=O)N1CCC(NC(=O)Nc2ccccc2)CC1.Cl. The Morgan fingerprint density at radius 2 is 1.87 bits per heavy atom. The number of nitrogens with zero attached hydrogens (tertiary/aromatic N) is 1. The van der Waals surface area contributed by atoms with Crippen molar-refractivity contribution in [2.24, 2.45) is 5.73 Å². The van der Waals surface area contributed by atoms with Crippen LogP contribution in [-0.2, 0) is 4.79 Å². The maximum Gasteiger partial charge on any atom is 0.319 e. The zero-order chi connectivity index (χ0) is 15.9. The van der Waals surface area contributed by atoms with Crippen molar-refractivity contribution in [3.8, 4) is 0 Å². The molecule has 1 saturated heterocycles. The molecule has 1 atom stereocenters. The average Bonchev–Trinajstić information content (AvgIpc) is 2.48. The van der Waals surface area contributed by atoms with E-state index in [1.807, 2.05) is 42.2 Å². The lowest BCUT2D eigenvalue weighted by Gasteiger charge is -2.32. The highest BCUT2D eigenvalue weighted by Gasteiger charge is 2.24. The van der Waals surface area contributed by atoms with Crippen LogP contribution in [0.4, 0.5) is 10.5 Å². The highest BCUT2D eigenvalue weighted by atomic mass is 35.5. The number of hydrogen-bond donors (Lipinski definition) is 3. The maximum absolute atomic E-state index is 11.9. The summed E-state index contributed by atoms with van der Waals surface area (Å²) in [6.07, 6.45) is 1.92. The van der Waals surface area contributed by atoms with Gasteiger partial charge in [0.2, 0.25) is 5.91 Å². The number of halogens is 1. The van der Waals surface area contributed by atoms with E-state index in [0.29, 0.717) is 19.5 Å². The summed E-state index contributed by atoms with van der Waals surface area (Å²) in [4.78, 5) is 25.7. The molecule has 2 rings (SSSR count). The second-order valence-electron chi connectivity index (χ2n) is 5.80. The number of carbonyl (C=O) groups excluding carboxylic acids is 2. The van der Waals surface area contributed by atoms with Crippen LogP contribution in [0.2, 0.25) is 0 Å². The Morgan fingerprint density at radius 3 is 2.43 bits per heavy atom. The molecule has 23 heavy (non-hydrogen) atoms. The van der Waals surface area contributed by atoms with Gasteiger partial charge < -0.3 is 21.3 Å². The number of hydrogen-bond acceptors (Lipinski definition) is 3. The summed E-state index contributed by atoms with van der Waals surface area (Å²) in [7, 11) is 0. The van der Waals surface area contributed by atoms with E-state index in [1.165, 1.54) is 0 Å². The fourth-order valence-corrected chi connectivity index (χ4v) is 2.55. The Bertz CT molecular complexity index is 502. The van der Waals surface area contributed by atoms with E-state index in [1.54, 1.807) is 0 Å². The number of nitrogens with one attached hydrogen (secondary N) is 2. The van der Waals surface area contributed by atoms with Gasteiger partial charge in [-0.1, -0.05) is 18.2 Å². The van der Waals surface area contributed by atoms with Gasteiger partial charge in [0.05, 0.1) is 0 Å². The van der Waals surface area contributed by atoms with Gasteiger partial charge in [-0.05, 0) is 31.9 Å². The van der Waals surface area contributed by atoms with Gasteiger partial charge in [0, 0.05) is 37.3 Å². The first-order valence-corrected chi connectivity index (χ1v) is 7.70. The molecule has 1 aliphatic heterocycles. The molecule has 128 valence electrons. The number of urea groups is 1. The largest absolute Gasteiger partial charge is 0.342 e. The first-order chi connectivity index (χ1) is 10.5. The van der Waals surface area contributed by atoms with Crippen LogP contribution in [0.25, 0.3) is 0 Å². The Hall–Kier alpha value is -1.79. The number of rotatable bonds is 4. The molecule has 0 bridgehead atoms. The first-order valence-electron chi connectivity index (χ1n) is 7.70. The van der Waals surface area contributed by atoms with Gasteiger partial charge in [-0.25, -0.2) is 4.79 Å². The summed E-state index contributed by atoms with van der Waals surface area (Å²) < 4.78 is 0. The summed E-state index contributed by atoms with van der Waals surface area (Å²) >= 11 is 0. The van der Waals surface area contributed by atoms with Crippen molar-refractivity contribution in [2.75, 3.05) is 18.4 Å². The van der Waals surface area contributed by atoms with Crippen molar-refractivity contribution in [3.05, 3.63) is 30.3 Å². The monoisotopic (exact) mass is 340 g/mol. The topological polar surface area (TPSA) is 87.5 Å². The van der Waals surface area contributed by atoms with Gasteiger partial charge in [0.15, 0.2) is 0 Å². The molecule has 1 aromatic rings. The van der Waals surface area contributed by atoms with Gasteiger partial charge in [0.1, 0.15) is 0 Å². The lowest BCUT2D eigenvalue weighted by molar-refractivity contribution is -0.132. The highest BCUT2D eigenvalue weighted by molar-refractivity contribution is 5.89. The molecule has 1 aromatic carbocycles. The van der Waals surface area contributed by atoms with Crippen LogP contribution < -0.4 is 16.4 Å². The van der Waals surface area contributed by atoms with Crippen LogP contribution in [0.1, 0.15) is 26.2 Å². The fourth-order valence-electron chi connectivity index (χ4n) is 2.55. The number of anilines is 1. The van der Waals surface area contributed by atoms with Crippen molar-refractivity contribution >= 4 is 30.0 Å². The third-order valence-corrected chi connectivity index (χ3v) is 3.71. The molecule has 0 aliphatic carbocycles. The van der Waals surface area contributed by atoms with Crippen LogP contribution in [0.3, 0.4) is 0 Å². The van der Waals surface area contributed by atoms with E-state index in [2.05, 4.69) is 10.6 Å². The molecule has 6 nitrogen and oxygen atoms in total. The summed E-state index contributed by atoms with van der Waals surface area (Å²) in [5, 5.41) is 5.76. The highest BCUT2D eigenvalue weighted by Crippen LogP contribution is 2.12. The summed E-state index contributed by atoms with van der Waals surface area (Å²) in [5.74, 6) is 0.0992. The van der Waals surface area contributed by atoms with Crippen molar-refractivity contribution < 1.29 is 9.59 Å². The van der Waals surface area contributed by atoms with Crippen LogP contribution >= 0.6 is 12.4 Å². The Balaban J connectivity index is 0.00000264. The normalized spacial score (nSPS) is 16.2. The second-order valence-corrected chi connectivity index (χ2v) is 5.80. The fraction of sp³-hybridized carbons (Fsp3) is 0.500. The lowest BCUT2D eigenvalue weighted by Crippen LogP contribution is -2.48. The molecule has 1 unspecified atom stereocenters. The van der Waals surface area contributed by atoms with Crippen LogP contribution in [-0.4, -0.2) is 42.0 Å². The Labute approximate surface area is 143 Å². The minimum Gasteiger partial charge on any atom is -0.342 e. The van der Waals surface area contributed by atoms with Crippen LogP contribution in [0.5, 0.6) is 0 Å². The smallest absolute Gasteiger partial charge is 0.319 e. The van der Waals surface area contributed by atoms with E-state index < -0.39 is 0 Å². The van der Waals surface area contributed by atoms with E-state index >= 15 is 0 Å². The molecule has 0 aromatic heterocycles. The quantitative estimate of drug-likeness (QED) is 0.783. The zero-order valence-corrected chi connectivity index (χ0v) is 14.1. The molecule has 0 saturated carbocycles. The second kappa shape index (κ2) is 9.37. The standard InChI is InChI=1S/C16H24N4O2.ClH/c1-12(17)11-15(21)20-9-7-14(8-10-20)19-16(22)18-13-5-3-2-4-6-13;/h2-6,12,14H,7-11,17H2,1H3,(H2,18,19,22);1H. The van der Waals surface area contributed by atoms with Gasteiger partial charge in [0.25, 0.3) is 0 Å². The van der Waals surface area contributed by atoms with Crippen LogP contribution in [0.15, 0.2) is 30.3 Å². The Morgan fingerprint density at radius 1 is 1.26 bits per heavy atom. The molecule has 4 N–H and O–H groups in total. The van der Waals surface area contributed by atoms with E-state index in [9.17, 15) is 9.59 Å². The summed E-state index contributed by atoms with van der Waals surface area (Å²) in [5.41, 5.74) is 6.42. The third kappa shape index (κ3) is 6.46. The number of benzene rings is 1. The zero-order valence-electron chi connectivity index (χ0n) is 13.3. The van der Waals surface area contributed by atoms with Crippen molar-refractivity contribution in [1.29, 1.82) is 0 Å². The van der Waals surface area contributed by atoms with Gasteiger partial charge in [-0.2, -0.15) is 0 Å². The molecule has 1 heterocycles. The number of nitrogens with two attached hydrogens (primary N) is 1. The van der Waals surface area contributed by atoms with Gasteiger partial charge in [-0.3, -0.25) is 4.79 Å². The molecule has 3 amide bonds. The average molecular weight is 341 g/mol. The molecule has 1 aliphatic rings. The van der Waals surface area contributed by atoms with Crippen molar-refractivity contribution in [3.63, 3.8) is 0 Å². The predicted octanol–water partition coefficient (Wildman–Crippen LogP) is 1.96. The third-order valence-electron chi connectivity index (χ3n) is 3.71. The van der Waals surface area contributed by atoms with Crippen molar-refractivity contribution in [2.45, 2.75) is 38.3 Å². The number of likely N-dealkylation sites (tertiary alicyclic amines) is 1. The molecular weight excluding hydrogens is 316 g/mol. The predicted molar refractivity (Wildman–Crippen MR) is 93.7 cm³/mol. The number of carbonyl (C=O) groups is 2. The Kier molecular flexibility index (Phi) is 7.85. The molecule has 1 fully saturated rings. The minimum absolute atomic E-state index is 0. The minimum atomic E-state index is -0.202. The lowest BCUT2D eigenvalue weighted by atomic mass is 10.0. The molecular formula is C16H25ClN4O2. The molecule has 0 spiro atoms. The van der Waals surface area contributed by atoms with E-state index in [-0.39, 0.29) is 36.4 Å².